The Labute approximate surface area is 134 Å². The van der Waals surface area contributed by atoms with Crippen LogP contribution in [0.4, 0.5) is 5.13 Å². The molecule has 7 nitrogen and oxygen atoms in total. The van der Waals surface area contributed by atoms with E-state index in [0.29, 0.717) is 16.0 Å². The topological polar surface area (TPSA) is 96.8 Å². The van der Waals surface area contributed by atoms with Gasteiger partial charge in [-0.1, -0.05) is 12.1 Å². The van der Waals surface area contributed by atoms with E-state index < -0.39 is 11.2 Å². The van der Waals surface area contributed by atoms with Gasteiger partial charge >= 0.3 is 5.69 Å². The fourth-order valence-electron chi connectivity index (χ4n) is 2.23. The molecule has 0 radical (unpaired) electrons. The first-order valence-electron chi connectivity index (χ1n) is 6.91. The van der Waals surface area contributed by atoms with Crippen LogP contribution in [0.15, 0.2) is 33.9 Å². The number of thiazole rings is 1. The number of benzene rings is 1. The van der Waals surface area contributed by atoms with Crippen molar-refractivity contribution in [3.05, 3.63) is 55.7 Å². The Bertz CT molecular complexity index is 996. The van der Waals surface area contributed by atoms with Gasteiger partial charge in [-0.25, -0.2) is 9.78 Å². The average Bonchev–Trinajstić information content (AvgIpc) is 2.81. The number of aromatic nitrogens is 3. The predicted molar refractivity (Wildman–Crippen MR) is 89.0 cm³/mol. The SMILES string of the molecule is Cc1nc(NC(=O)Cn2c(=O)[nH]c(=O)c3ccccc32)sc1C. The maximum atomic E-state index is 12.2. The summed E-state index contributed by atoms with van der Waals surface area (Å²) >= 11 is 1.38. The minimum atomic E-state index is -0.615. The number of fused-ring (bicyclic) bond motifs is 1. The molecule has 0 saturated carbocycles. The monoisotopic (exact) mass is 330 g/mol. The van der Waals surface area contributed by atoms with E-state index in [9.17, 15) is 14.4 Å². The van der Waals surface area contributed by atoms with E-state index in [1.54, 1.807) is 24.3 Å². The fourth-order valence-corrected chi connectivity index (χ4v) is 3.06. The highest BCUT2D eigenvalue weighted by molar-refractivity contribution is 7.15. The number of para-hydroxylation sites is 1. The third kappa shape index (κ3) is 2.93. The number of H-pyrrole nitrogens is 1. The lowest BCUT2D eigenvalue weighted by molar-refractivity contribution is -0.116. The number of anilines is 1. The molecule has 0 spiro atoms. The van der Waals surface area contributed by atoms with E-state index in [1.165, 1.54) is 15.9 Å². The standard InChI is InChI=1S/C15H14N4O3S/c1-8-9(2)23-14(16-8)17-12(20)7-19-11-6-4-3-5-10(11)13(21)18-15(19)22/h3-6H,7H2,1-2H3,(H,16,17,20)(H,18,21,22). The first-order chi connectivity index (χ1) is 11.0. The van der Waals surface area contributed by atoms with Gasteiger partial charge in [0.15, 0.2) is 5.13 Å². The molecule has 1 aromatic carbocycles. The van der Waals surface area contributed by atoms with E-state index in [2.05, 4.69) is 15.3 Å². The molecule has 0 bridgehead atoms. The Balaban J connectivity index is 1.93. The highest BCUT2D eigenvalue weighted by Crippen LogP contribution is 2.21. The van der Waals surface area contributed by atoms with Gasteiger partial charge in [0, 0.05) is 4.88 Å². The Kier molecular flexibility index (Phi) is 3.83. The smallest absolute Gasteiger partial charge is 0.300 e. The largest absolute Gasteiger partial charge is 0.329 e. The molecule has 0 atom stereocenters. The molecule has 0 aliphatic heterocycles. The summed E-state index contributed by atoms with van der Waals surface area (Å²) in [6.45, 7) is 3.58. The van der Waals surface area contributed by atoms with E-state index in [-0.39, 0.29) is 12.5 Å². The van der Waals surface area contributed by atoms with Gasteiger partial charge in [0.1, 0.15) is 6.54 Å². The maximum Gasteiger partial charge on any atom is 0.329 e. The van der Waals surface area contributed by atoms with Crippen molar-refractivity contribution in [3.8, 4) is 0 Å². The van der Waals surface area contributed by atoms with Crippen molar-refractivity contribution >= 4 is 33.3 Å². The fraction of sp³-hybridized carbons (Fsp3) is 0.200. The summed E-state index contributed by atoms with van der Waals surface area (Å²) in [4.78, 5) is 43.5. The van der Waals surface area contributed by atoms with Gasteiger partial charge in [0.05, 0.1) is 16.6 Å². The summed E-state index contributed by atoms with van der Waals surface area (Å²) in [6, 6.07) is 6.66. The van der Waals surface area contributed by atoms with Gasteiger partial charge in [-0.05, 0) is 26.0 Å². The van der Waals surface area contributed by atoms with Crippen molar-refractivity contribution in [3.63, 3.8) is 0 Å². The molecule has 1 amide bonds. The predicted octanol–water partition coefficient (Wildman–Crippen LogP) is 1.40. The van der Waals surface area contributed by atoms with Crippen LogP contribution >= 0.6 is 11.3 Å². The second-order valence-electron chi connectivity index (χ2n) is 5.07. The van der Waals surface area contributed by atoms with Crippen LogP contribution in [0.3, 0.4) is 0 Å². The lowest BCUT2D eigenvalue weighted by Gasteiger charge is -2.08. The van der Waals surface area contributed by atoms with Crippen LogP contribution in [0.2, 0.25) is 0 Å². The highest BCUT2D eigenvalue weighted by Gasteiger charge is 2.12. The summed E-state index contributed by atoms with van der Waals surface area (Å²) < 4.78 is 1.24. The number of amides is 1. The molecule has 2 aromatic heterocycles. The number of nitrogens with zero attached hydrogens (tertiary/aromatic N) is 2. The molecule has 2 heterocycles. The molecule has 0 unspecified atom stereocenters. The van der Waals surface area contributed by atoms with Crippen LogP contribution in [-0.4, -0.2) is 20.4 Å². The summed E-state index contributed by atoms with van der Waals surface area (Å²) in [6.07, 6.45) is 0. The average molecular weight is 330 g/mol. The van der Waals surface area contributed by atoms with Crippen molar-refractivity contribution in [1.29, 1.82) is 0 Å². The maximum absolute atomic E-state index is 12.2. The van der Waals surface area contributed by atoms with Gasteiger partial charge in [-0.15, -0.1) is 11.3 Å². The summed E-state index contributed by atoms with van der Waals surface area (Å²) in [7, 11) is 0. The van der Waals surface area contributed by atoms with Gasteiger partial charge in [-0.3, -0.25) is 19.1 Å². The van der Waals surface area contributed by atoms with Crippen molar-refractivity contribution < 1.29 is 4.79 Å². The third-order valence-electron chi connectivity index (χ3n) is 3.48. The number of rotatable bonds is 3. The Morgan fingerprint density at radius 2 is 2.04 bits per heavy atom. The van der Waals surface area contributed by atoms with Crippen LogP contribution in [0, 0.1) is 13.8 Å². The van der Waals surface area contributed by atoms with E-state index >= 15 is 0 Å². The van der Waals surface area contributed by atoms with Gasteiger partial charge in [0.25, 0.3) is 5.56 Å². The number of nitrogens with one attached hydrogen (secondary N) is 2. The molecule has 2 N–H and O–H groups in total. The lowest BCUT2D eigenvalue weighted by atomic mass is 10.2. The molecule has 0 aliphatic carbocycles. The normalized spacial score (nSPS) is 10.9. The minimum Gasteiger partial charge on any atom is -0.300 e. The van der Waals surface area contributed by atoms with Crippen LogP contribution in [0.25, 0.3) is 10.9 Å². The molecule has 118 valence electrons. The number of aryl methyl sites for hydroxylation is 2. The van der Waals surface area contributed by atoms with Gasteiger partial charge in [-0.2, -0.15) is 0 Å². The van der Waals surface area contributed by atoms with Crippen molar-refractivity contribution in [2.75, 3.05) is 5.32 Å². The molecule has 8 heteroatoms. The molecule has 3 rings (SSSR count). The molecule has 3 aromatic rings. The number of carbonyl (C=O) groups excluding carboxylic acids is 1. The first kappa shape index (κ1) is 15.2. The van der Waals surface area contributed by atoms with E-state index in [1.807, 2.05) is 13.8 Å². The Morgan fingerprint density at radius 3 is 2.74 bits per heavy atom. The van der Waals surface area contributed by atoms with Crippen LogP contribution in [-0.2, 0) is 11.3 Å². The minimum absolute atomic E-state index is 0.201. The lowest BCUT2D eigenvalue weighted by Crippen LogP contribution is -2.33. The first-order valence-corrected chi connectivity index (χ1v) is 7.73. The van der Waals surface area contributed by atoms with Gasteiger partial charge < -0.3 is 5.32 Å². The van der Waals surface area contributed by atoms with Crippen molar-refractivity contribution in [2.24, 2.45) is 0 Å². The molecule has 0 saturated heterocycles. The molecular weight excluding hydrogens is 316 g/mol. The second-order valence-corrected chi connectivity index (χ2v) is 6.27. The quantitative estimate of drug-likeness (QED) is 0.758. The zero-order chi connectivity index (χ0) is 16.6. The Hall–Kier alpha value is -2.74. The zero-order valence-corrected chi connectivity index (χ0v) is 13.4. The summed E-state index contributed by atoms with van der Waals surface area (Å²) in [5.41, 5.74) is 0.198. The molecule has 0 aliphatic rings. The van der Waals surface area contributed by atoms with Crippen molar-refractivity contribution in [2.45, 2.75) is 20.4 Å². The van der Waals surface area contributed by atoms with E-state index in [4.69, 9.17) is 0 Å². The van der Waals surface area contributed by atoms with E-state index in [0.717, 1.165) is 10.6 Å². The molecular formula is C15H14N4O3S. The van der Waals surface area contributed by atoms with Gasteiger partial charge in [0.2, 0.25) is 5.91 Å². The van der Waals surface area contributed by atoms with Crippen molar-refractivity contribution in [1.82, 2.24) is 14.5 Å². The summed E-state index contributed by atoms with van der Waals surface area (Å²) in [5.74, 6) is -0.377. The Morgan fingerprint density at radius 1 is 1.30 bits per heavy atom. The van der Waals surface area contributed by atoms with Crippen LogP contribution in [0.1, 0.15) is 10.6 Å². The summed E-state index contributed by atoms with van der Waals surface area (Å²) in [5, 5.41) is 3.53. The number of aromatic amines is 1. The second kappa shape index (κ2) is 5.81. The third-order valence-corrected chi connectivity index (χ3v) is 4.47. The molecule has 0 fully saturated rings. The molecule has 23 heavy (non-hydrogen) atoms. The number of carbonyl (C=O) groups is 1. The number of hydrogen-bond donors (Lipinski definition) is 2. The highest BCUT2D eigenvalue weighted by atomic mass is 32.1. The number of hydrogen-bond acceptors (Lipinski definition) is 5. The van der Waals surface area contributed by atoms with Crippen LogP contribution in [0.5, 0.6) is 0 Å². The zero-order valence-electron chi connectivity index (χ0n) is 12.5. The van der Waals surface area contributed by atoms with Crippen LogP contribution < -0.4 is 16.6 Å².